The second-order valence-corrected chi connectivity index (χ2v) is 16.8. The molecule has 4 heterocycles. The highest BCUT2D eigenvalue weighted by Crippen LogP contribution is 2.43. The minimum absolute atomic E-state index is 0.851. The summed E-state index contributed by atoms with van der Waals surface area (Å²) in [5.74, 6) is 11.8. The van der Waals surface area contributed by atoms with Crippen LogP contribution in [0.25, 0.3) is 72.4 Å². The van der Waals surface area contributed by atoms with Crippen molar-refractivity contribution in [3.05, 3.63) is 129 Å². The number of nitrogens with zero attached hydrogens (tertiary/aromatic N) is 2. The Morgan fingerprint density at radius 1 is 0.396 bits per heavy atom. The van der Waals surface area contributed by atoms with Crippen LogP contribution in [0.3, 0.4) is 0 Å². The molecule has 5 aromatic carbocycles. The van der Waals surface area contributed by atoms with Crippen LogP contribution in [0, 0.1) is 27.7 Å². The molecule has 0 aliphatic carbocycles. The van der Waals surface area contributed by atoms with Crippen molar-refractivity contribution in [3.63, 3.8) is 0 Å². The molecule has 0 amide bonds. The lowest BCUT2D eigenvalue weighted by Crippen LogP contribution is -2.04. The molecule has 0 unspecified atom stereocenters. The van der Waals surface area contributed by atoms with Crippen molar-refractivity contribution in [1.29, 1.82) is 0 Å². The predicted molar refractivity (Wildman–Crippen MR) is 212 cm³/mol. The number of hydrogen-bond acceptors (Lipinski definition) is 8. The molecular formula is C40H32N4S4. The summed E-state index contributed by atoms with van der Waals surface area (Å²) >= 11 is 7.23. The zero-order chi connectivity index (χ0) is 33.1. The second kappa shape index (κ2) is 12.1. The van der Waals surface area contributed by atoms with Crippen LogP contribution in [-0.4, -0.2) is 0 Å². The molecule has 0 atom stereocenters. The third kappa shape index (κ3) is 5.25. The van der Waals surface area contributed by atoms with Crippen LogP contribution in [0.4, 0.5) is 0 Å². The van der Waals surface area contributed by atoms with Gasteiger partial charge in [0, 0.05) is 71.0 Å². The summed E-state index contributed by atoms with van der Waals surface area (Å²) in [6, 6.07) is 35.0. The fourth-order valence-electron chi connectivity index (χ4n) is 6.36. The van der Waals surface area contributed by atoms with Gasteiger partial charge >= 0.3 is 0 Å². The summed E-state index contributed by atoms with van der Waals surface area (Å²) < 4.78 is 2.43. The van der Waals surface area contributed by atoms with Crippen molar-refractivity contribution in [2.45, 2.75) is 27.7 Å². The van der Waals surface area contributed by atoms with E-state index in [1.165, 1.54) is 66.3 Å². The molecule has 236 valence electrons. The third-order valence-corrected chi connectivity index (χ3v) is 13.4. The van der Waals surface area contributed by atoms with Gasteiger partial charge in [0.05, 0.1) is 10.7 Å². The van der Waals surface area contributed by atoms with Crippen LogP contribution >= 0.6 is 45.3 Å². The summed E-state index contributed by atoms with van der Waals surface area (Å²) in [5.41, 5.74) is 5.16. The molecule has 4 aromatic heterocycles. The largest absolute Gasteiger partial charge is 0.323 e. The lowest BCUT2D eigenvalue weighted by Gasteiger charge is -1.98. The van der Waals surface area contributed by atoms with E-state index in [2.05, 4.69) is 135 Å². The van der Waals surface area contributed by atoms with E-state index in [1.54, 1.807) is 22.7 Å². The summed E-state index contributed by atoms with van der Waals surface area (Å²) in [4.78, 5) is 7.73. The van der Waals surface area contributed by atoms with Gasteiger partial charge in [-0.05, 0) is 87.4 Å². The van der Waals surface area contributed by atoms with Gasteiger partial charge in [-0.25, -0.2) is 0 Å². The lowest BCUT2D eigenvalue weighted by atomic mass is 10.1. The van der Waals surface area contributed by atoms with E-state index in [-0.39, 0.29) is 0 Å². The quantitative estimate of drug-likeness (QED) is 0.142. The molecule has 4 nitrogen and oxygen atoms in total. The topological polar surface area (TPSA) is 76.8 Å². The molecule has 0 aliphatic rings. The van der Waals surface area contributed by atoms with Gasteiger partial charge in [0.25, 0.3) is 0 Å². The fourth-order valence-corrected chi connectivity index (χ4v) is 10.6. The minimum atomic E-state index is 0.851. The predicted octanol–water partition coefficient (Wildman–Crippen LogP) is 10.9. The Bertz CT molecular complexity index is 2730. The molecule has 8 heteroatoms. The van der Waals surface area contributed by atoms with Crippen LogP contribution < -0.4 is 22.4 Å². The summed E-state index contributed by atoms with van der Waals surface area (Å²) in [6.07, 6.45) is 0. The fraction of sp³-hybridized carbons (Fsp3) is 0.100. The zero-order valence-corrected chi connectivity index (χ0v) is 30.2. The zero-order valence-electron chi connectivity index (χ0n) is 26.9. The monoisotopic (exact) mass is 696 g/mol. The molecule has 48 heavy (non-hydrogen) atoms. The van der Waals surface area contributed by atoms with Gasteiger partial charge in [-0.15, -0.1) is 45.3 Å². The van der Waals surface area contributed by atoms with Gasteiger partial charge in [-0.2, -0.15) is 10.2 Å². The van der Waals surface area contributed by atoms with E-state index >= 15 is 0 Å². The Kier molecular flexibility index (Phi) is 7.76. The SMILES string of the molecule is Cc1ccc(-c2ccc(-c3cc4/c(=N\N)c5cc6c(cc5c4s3)/c(=N/N)c3cc(C)sc36)s2)cc1.Cc1ccc(-c2ccc(C)s2)cc1. The Hall–Kier alpha value is -4.60. The molecule has 0 aliphatic heterocycles. The maximum absolute atomic E-state index is 5.96. The maximum atomic E-state index is 5.96. The van der Waals surface area contributed by atoms with Gasteiger partial charge in [0.1, 0.15) is 0 Å². The number of hydrogen-bond donors (Lipinski definition) is 2. The van der Waals surface area contributed by atoms with Crippen LogP contribution in [0.2, 0.25) is 0 Å². The highest BCUT2D eigenvalue weighted by molar-refractivity contribution is 7.27. The highest BCUT2D eigenvalue weighted by atomic mass is 32.1. The average molecular weight is 697 g/mol. The van der Waals surface area contributed by atoms with E-state index in [0.717, 1.165) is 37.6 Å². The van der Waals surface area contributed by atoms with Gasteiger partial charge < -0.3 is 11.7 Å². The smallest absolute Gasteiger partial charge is 0.0993 e. The van der Waals surface area contributed by atoms with Crippen LogP contribution in [0.5, 0.6) is 0 Å². The van der Waals surface area contributed by atoms with Gasteiger partial charge in [-0.3, -0.25) is 0 Å². The van der Waals surface area contributed by atoms with Gasteiger partial charge in [0.15, 0.2) is 0 Å². The first-order chi connectivity index (χ1) is 23.3. The second-order valence-electron chi connectivity index (χ2n) is 12.2. The summed E-state index contributed by atoms with van der Waals surface area (Å²) in [7, 11) is 0. The molecule has 0 fully saturated rings. The van der Waals surface area contributed by atoms with Crippen molar-refractivity contribution in [3.8, 4) is 30.6 Å². The van der Waals surface area contributed by atoms with E-state index in [1.807, 2.05) is 22.7 Å². The molecule has 0 saturated carbocycles. The molecule has 0 radical (unpaired) electrons. The normalized spacial score (nSPS) is 12.6. The van der Waals surface area contributed by atoms with Crippen LogP contribution in [-0.2, 0) is 0 Å². The first-order valence-corrected chi connectivity index (χ1v) is 18.9. The summed E-state index contributed by atoms with van der Waals surface area (Å²) in [6.45, 7) is 8.49. The molecule has 4 N–H and O–H groups in total. The summed E-state index contributed by atoms with van der Waals surface area (Å²) in [5, 5.41) is 16.8. The van der Waals surface area contributed by atoms with Crippen molar-refractivity contribution in [2.24, 2.45) is 21.9 Å². The maximum Gasteiger partial charge on any atom is 0.0993 e. The number of rotatable bonds is 3. The first-order valence-electron chi connectivity index (χ1n) is 15.6. The molecule has 9 rings (SSSR count). The number of thiophene rings is 4. The Morgan fingerprint density at radius 3 is 1.44 bits per heavy atom. The van der Waals surface area contributed by atoms with Gasteiger partial charge in [0.2, 0.25) is 0 Å². The third-order valence-electron chi connectivity index (χ3n) is 8.77. The molecular weight excluding hydrogens is 665 g/mol. The average Bonchev–Trinajstić information content (AvgIpc) is 3.93. The molecule has 0 bridgehead atoms. The number of benzene rings is 3. The number of nitrogens with two attached hydrogens (primary N) is 2. The molecule has 0 spiro atoms. The lowest BCUT2D eigenvalue weighted by molar-refractivity contribution is 1.17. The molecule has 9 aromatic rings. The van der Waals surface area contributed by atoms with E-state index in [9.17, 15) is 0 Å². The Balaban J connectivity index is 0.000000217. The Morgan fingerprint density at radius 2 is 0.896 bits per heavy atom. The minimum Gasteiger partial charge on any atom is -0.323 e. The van der Waals surface area contributed by atoms with E-state index < -0.39 is 0 Å². The number of fused-ring (bicyclic) bond motifs is 6. The van der Waals surface area contributed by atoms with Crippen molar-refractivity contribution < 1.29 is 0 Å². The molecule has 0 saturated heterocycles. The van der Waals surface area contributed by atoms with Crippen molar-refractivity contribution in [1.82, 2.24) is 0 Å². The van der Waals surface area contributed by atoms with Crippen LogP contribution in [0.15, 0.2) is 107 Å². The Labute approximate surface area is 294 Å². The standard InChI is InChI=1S/C28H20N4S3.C12H12S/c1-13-3-5-15(6-4-13)22-7-8-23(34-22)24-12-21-26(32-30)17-10-18-16(11-19(17)28(21)35-24)25(31-29)20-9-14(2)33-27(18)20;1-9-3-6-11(7-4-9)12-8-5-10(2)13-12/h3-12H,29-30H2,1-2H3;3-8H,1-2H3/b31-25-,32-26-;. The van der Waals surface area contributed by atoms with Gasteiger partial charge in [-0.1, -0.05) is 59.7 Å². The van der Waals surface area contributed by atoms with Crippen molar-refractivity contribution >= 4 is 87.1 Å². The highest BCUT2D eigenvalue weighted by Gasteiger charge is 2.19. The first kappa shape index (κ1) is 30.7. The number of aryl methyl sites for hydroxylation is 4. The van der Waals surface area contributed by atoms with Crippen molar-refractivity contribution in [2.75, 3.05) is 0 Å². The van der Waals surface area contributed by atoms with E-state index in [4.69, 9.17) is 11.7 Å². The van der Waals surface area contributed by atoms with E-state index in [0.29, 0.717) is 0 Å². The van der Waals surface area contributed by atoms with Crippen LogP contribution in [0.1, 0.15) is 20.9 Å².